The first-order valence-electron chi connectivity index (χ1n) is 4.61. The van der Waals surface area contributed by atoms with E-state index in [-0.39, 0.29) is 5.92 Å². The zero-order valence-corrected chi connectivity index (χ0v) is 8.49. The predicted octanol–water partition coefficient (Wildman–Crippen LogP) is 0.847. The highest BCUT2D eigenvalue weighted by atomic mass is 15.3. The van der Waals surface area contributed by atoms with E-state index in [0.717, 1.165) is 0 Å². The van der Waals surface area contributed by atoms with Crippen LogP contribution in [-0.2, 0) is 0 Å². The number of hydrogen-bond acceptors (Lipinski definition) is 6. The van der Waals surface area contributed by atoms with Gasteiger partial charge in [-0.25, -0.2) is 4.98 Å². The Bertz CT molecular complexity index is 424. The van der Waals surface area contributed by atoms with Gasteiger partial charge < -0.3 is 0 Å². The van der Waals surface area contributed by atoms with Crippen molar-refractivity contribution in [3.8, 4) is 11.5 Å². The molecule has 6 heteroatoms. The summed E-state index contributed by atoms with van der Waals surface area (Å²) in [4.78, 5) is 7.98. The van der Waals surface area contributed by atoms with E-state index in [9.17, 15) is 0 Å². The van der Waals surface area contributed by atoms with E-state index in [1.807, 2.05) is 13.8 Å². The molecule has 0 unspecified atom stereocenters. The average molecular weight is 202 g/mol. The van der Waals surface area contributed by atoms with E-state index >= 15 is 0 Å². The quantitative estimate of drug-likeness (QED) is 0.718. The Morgan fingerprint density at radius 3 is 2.27 bits per heavy atom. The Morgan fingerprint density at radius 1 is 1.00 bits per heavy atom. The molecule has 0 saturated carbocycles. The summed E-state index contributed by atoms with van der Waals surface area (Å²) in [6, 6.07) is 0. The van der Waals surface area contributed by atoms with Crippen molar-refractivity contribution in [1.29, 1.82) is 0 Å². The third kappa shape index (κ3) is 2.09. The lowest BCUT2D eigenvalue weighted by atomic mass is 10.2. The Hall–Kier alpha value is -1.98. The smallest absolute Gasteiger partial charge is 0.223 e. The van der Waals surface area contributed by atoms with Gasteiger partial charge in [-0.2, -0.15) is 0 Å². The van der Waals surface area contributed by atoms with Gasteiger partial charge in [0.05, 0.1) is 6.20 Å². The lowest BCUT2D eigenvalue weighted by Gasteiger charge is -2.00. The zero-order chi connectivity index (χ0) is 10.7. The summed E-state index contributed by atoms with van der Waals surface area (Å²) in [5.74, 6) is 1.25. The summed E-state index contributed by atoms with van der Waals surface area (Å²) >= 11 is 0. The minimum Gasteiger partial charge on any atom is -0.261 e. The number of hydrogen-bond donors (Lipinski definition) is 0. The molecular formula is C9H10N6. The topological polar surface area (TPSA) is 77.3 Å². The standard InChI is InChI=1S/C9H10N6/c1-6(2)8-12-14-9(15-13-8)7-5-10-3-4-11-7/h3-6H,1-2H3. The fraction of sp³-hybridized carbons (Fsp3) is 0.333. The molecule has 0 aliphatic heterocycles. The first kappa shape index (κ1) is 9.57. The molecule has 0 radical (unpaired) electrons. The maximum atomic E-state index is 4.06. The second kappa shape index (κ2) is 4.04. The summed E-state index contributed by atoms with van der Waals surface area (Å²) in [6.45, 7) is 3.97. The molecule has 2 rings (SSSR count). The number of rotatable bonds is 2. The van der Waals surface area contributed by atoms with Crippen molar-refractivity contribution in [3.63, 3.8) is 0 Å². The molecule has 0 saturated heterocycles. The Morgan fingerprint density at radius 2 is 1.73 bits per heavy atom. The van der Waals surface area contributed by atoms with Crippen LogP contribution in [0.3, 0.4) is 0 Å². The van der Waals surface area contributed by atoms with Crippen LogP contribution in [0.25, 0.3) is 11.5 Å². The van der Waals surface area contributed by atoms with Crippen LogP contribution in [0.4, 0.5) is 0 Å². The van der Waals surface area contributed by atoms with Gasteiger partial charge in [0.2, 0.25) is 5.82 Å². The van der Waals surface area contributed by atoms with E-state index in [2.05, 4.69) is 30.4 Å². The molecule has 0 fully saturated rings. The van der Waals surface area contributed by atoms with Crippen LogP contribution in [-0.4, -0.2) is 30.4 Å². The van der Waals surface area contributed by atoms with Gasteiger partial charge in [-0.1, -0.05) is 13.8 Å². The van der Waals surface area contributed by atoms with Crippen molar-refractivity contribution in [2.45, 2.75) is 19.8 Å². The molecule has 76 valence electrons. The highest BCUT2D eigenvalue weighted by Gasteiger charge is 2.07. The molecule has 0 aliphatic carbocycles. The molecule has 0 N–H and O–H groups in total. The Kier molecular flexibility index (Phi) is 2.57. The summed E-state index contributed by atoms with van der Waals surface area (Å²) in [6.07, 6.45) is 4.75. The van der Waals surface area contributed by atoms with Crippen molar-refractivity contribution in [3.05, 3.63) is 24.4 Å². The summed E-state index contributed by atoms with van der Waals surface area (Å²) in [7, 11) is 0. The summed E-state index contributed by atoms with van der Waals surface area (Å²) in [5.41, 5.74) is 0.577. The van der Waals surface area contributed by atoms with Gasteiger partial charge in [0.15, 0.2) is 5.82 Å². The second-order valence-electron chi connectivity index (χ2n) is 3.33. The summed E-state index contributed by atoms with van der Waals surface area (Å²) in [5, 5.41) is 15.8. The van der Waals surface area contributed by atoms with Crippen molar-refractivity contribution in [1.82, 2.24) is 30.4 Å². The summed E-state index contributed by atoms with van der Waals surface area (Å²) < 4.78 is 0. The van der Waals surface area contributed by atoms with E-state index < -0.39 is 0 Å². The van der Waals surface area contributed by atoms with Crippen molar-refractivity contribution < 1.29 is 0 Å². The fourth-order valence-corrected chi connectivity index (χ4v) is 0.985. The highest BCUT2D eigenvalue weighted by molar-refractivity contribution is 5.44. The third-order valence-electron chi connectivity index (χ3n) is 1.80. The highest BCUT2D eigenvalue weighted by Crippen LogP contribution is 2.09. The van der Waals surface area contributed by atoms with Gasteiger partial charge in [0, 0.05) is 18.3 Å². The van der Waals surface area contributed by atoms with Crippen molar-refractivity contribution in [2.75, 3.05) is 0 Å². The monoisotopic (exact) mass is 202 g/mol. The van der Waals surface area contributed by atoms with Crippen molar-refractivity contribution >= 4 is 0 Å². The zero-order valence-electron chi connectivity index (χ0n) is 8.49. The normalized spacial score (nSPS) is 10.6. The lowest BCUT2D eigenvalue weighted by molar-refractivity contribution is 0.693. The van der Waals surface area contributed by atoms with Gasteiger partial charge >= 0.3 is 0 Å². The van der Waals surface area contributed by atoms with Gasteiger partial charge in [0.25, 0.3) is 0 Å². The average Bonchev–Trinajstić information content (AvgIpc) is 2.30. The fourth-order valence-electron chi connectivity index (χ4n) is 0.985. The molecule has 0 aromatic carbocycles. The second-order valence-corrected chi connectivity index (χ2v) is 3.33. The molecule has 0 amide bonds. The molecule has 6 nitrogen and oxygen atoms in total. The van der Waals surface area contributed by atoms with Gasteiger partial charge in [-0.05, 0) is 0 Å². The van der Waals surface area contributed by atoms with Crippen molar-refractivity contribution in [2.24, 2.45) is 0 Å². The van der Waals surface area contributed by atoms with Crippen LogP contribution in [0.1, 0.15) is 25.6 Å². The van der Waals surface area contributed by atoms with Crippen LogP contribution >= 0.6 is 0 Å². The predicted molar refractivity (Wildman–Crippen MR) is 52.7 cm³/mol. The van der Waals surface area contributed by atoms with E-state index in [4.69, 9.17) is 0 Å². The van der Waals surface area contributed by atoms with Gasteiger partial charge in [0.1, 0.15) is 5.69 Å². The first-order chi connectivity index (χ1) is 7.27. The van der Waals surface area contributed by atoms with Crippen LogP contribution in [0, 0.1) is 0 Å². The molecule has 2 aromatic heterocycles. The largest absolute Gasteiger partial charge is 0.261 e. The third-order valence-corrected chi connectivity index (χ3v) is 1.80. The molecule has 0 bridgehead atoms. The maximum Gasteiger partial charge on any atom is 0.223 e. The molecule has 2 heterocycles. The minimum atomic E-state index is 0.223. The number of aromatic nitrogens is 6. The molecule has 2 aromatic rings. The Labute approximate surface area is 86.8 Å². The lowest BCUT2D eigenvalue weighted by Crippen LogP contribution is -2.04. The van der Waals surface area contributed by atoms with E-state index in [0.29, 0.717) is 17.3 Å². The van der Waals surface area contributed by atoms with Crippen LogP contribution in [0.5, 0.6) is 0 Å². The molecule has 0 atom stereocenters. The molecular weight excluding hydrogens is 192 g/mol. The van der Waals surface area contributed by atoms with Crippen LogP contribution < -0.4 is 0 Å². The molecule has 15 heavy (non-hydrogen) atoms. The first-order valence-corrected chi connectivity index (χ1v) is 4.61. The van der Waals surface area contributed by atoms with Gasteiger partial charge in [-0.3, -0.25) is 4.98 Å². The Balaban J connectivity index is 2.32. The van der Waals surface area contributed by atoms with Crippen LogP contribution in [0.2, 0.25) is 0 Å². The minimum absolute atomic E-state index is 0.223. The SMILES string of the molecule is CC(C)c1nnc(-c2cnccn2)nn1. The van der Waals surface area contributed by atoms with Gasteiger partial charge in [-0.15, -0.1) is 20.4 Å². The maximum absolute atomic E-state index is 4.06. The van der Waals surface area contributed by atoms with E-state index in [1.54, 1.807) is 18.6 Å². The molecule has 0 spiro atoms. The number of nitrogens with zero attached hydrogens (tertiary/aromatic N) is 6. The molecule has 0 aliphatic rings. The van der Waals surface area contributed by atoms with Crippen LogP contribution in [0.15, 0.2) is 18.6 Å². The van der Waals surface area contributed by atoms with E-state index in [1.165, 1.54) is 0 Å².